The number of amides is 1. The van der Waals surface area contributed by atoms with Gasteiger partial charge in [0.25, 0.3) is 11.5 Å². The number of para-hydroxylation sites is 1. The molecule has 0 aliphatic heterocycles. The fraction of sp³-hybridized carbons (Fsp3) is 0.344. The number of nitrogens with zero attached hydrogens (tertiary/aromatic N) is 3. The second kappa shape index (κ2) is 12.9. The third-order valence-electron chi connectivity index (χ3n) is 7.01. The molecule has 0 fully saturated rings. The SMILES string of the molecule is CCCCCc1ccc(C(=O)N(CCCC)C(C)c2nc3ccccc3c(=O)n2-c2ccc(Cl)cc2)cc1. The molecule has 0 radical (unpaired) electrons. The monoisotopic (exact) mass is 529 g/mol. The Morgan fingerprint density at radius 2 is 1.61 bits per heavy atom. The lowest BCUT2D eigenvalue weighted by atomic mass is 10.0. The number of hydrogen-bond donors (Lipinski definition) is 0. The number of fused-ring (bicyclic) bond motifs is 1. The fourth-order valence-electron chi connectivity index (χ4n) is 4.77. The Kier molecular flexibility index (Phi) is 9.35. The van der Waals surface area contributed by atoms with Gasteiger partial charge in [-0.3, -0.25) is 14.2 Å². The maximum absolute atomic E-state index is 13.9. The second-order valence-corrected chi connectivity index (χ2v) is 10.2. The highest BCUT2D eigenvalue weighted by atomic mass is 35.5. The van der Waals surface area contributed by atoms with Crippen LogP contribution < -0.4 is 5.56 Å². The zero-order chi connectivity index (χ0) is 27.1. The molecule has 5 nitrogen and oxygen atoms in total. The molecule has 1 atom stereocenters. The van der Waals surface area contributed by atoms with Gasteiger partial charge in [-0.05, 0) is 80.3 Å². The van der Waals surface area contributed by atoms with E-state index in [-0.39, 0.29) is 11.5 Å². The van der Waals surface area contributed by atoms with Crippen LogP contribution in [0.1, 0.15) is 80.7 Å². The minimum absolute atomic E-state index is 0.0591. The van der Waals surface area contributed by atoms with E-state index in [2.05, 4.69) is 26.0 Å². The van der Waals surface area contributed by atoms with Crippen molar-refractivity contribution in [2.75, 3.05) is 6.54 Å². The number of rotatable bonds is 11. The smallest absolute Gasteiger partial charge is 0.266 e. The average Bonchev–Trinajstić information content (AvgIpc) is 2.94. The zero-order valence-electron chi connectivity index (χ0n) is 22.5. The van der Waals surface area contributed by atoms with Crippen molar-refractivity contribution in [3.63, 3.8) is 0 Å². The zero-order valence-corrected chi connectivity index (χ0v) is 23.2. The van der Waals surface area contributed by atoms with Crippen LogP contribution >= 0.6 is 11.6 Å². The Morgan fingerprint density at radius 3 is 2.29 bits per heavy atom. The summed E-state index contributed by atoms with van der Waals surface area (Å²) in [6.45, 7) is 6.83. The van der Waals surface area contributed by atoms with Gasteiger partial charge in [0.2, 0.25) is 0 Å². The normalized spacial score (nSPS) is 12.0. The van der Waals surface area contributed by atoms with Crippen molar-refractivity contribution >= 4 is 28.4 Å². The summed E-state index contributed by atoms with van der Waals surface area (Å²) in [6, 6.07) is 22.0. The van der Waals surface area contributed by atoms with Crippen LogP contribution in [0.25, 0.3) is 16.6 Å². The van der Waals surface area contributed by atoms with Gasteiger partial charge in [0, 0.05) is 17.1 Å². The van der Waals surface area contributed by atoms with Crippen LogP contribution in [0.5, 0.6) is 0 Å². The molecule has 198 valence electrons. The van der Waals surface area contributed by atoms with E-state index in [1.165, 1.54) is 18.4 Å². The van der Waals surface area contributed by atoms with Crippen LogP contribution in [0.4, 0.5) is 0 Å². The molecule has 38 heavy (non-hydrogen) atoms. The maximum atomic E-state index is 13.9. The first-order chi connectivity index (χ1) is 18.4. The van der Waals surface area contributed by atoms with E-state index in [9.17, 15) is 9.59 Å². The summed E-state index contributed by atoms with van der Waals surface area (Å²) in [6.07, 6.45) is 6.36. The van der Waals surface area contributed by atoms with E-state index >= 15 is 0 Å². The second-order valence-electron chi connectivity index (χ2n) is 9.79. The van der Waals surface area contributed by atoms with Crippen molar-refractivity contribution in [3.8, 4) is 5.69 Å². The molecule has 1 aromatic heterocycles. The van der Waals surface area contributed by atoms with Crippen molar-refractivity contribution in [1.82, 2.24) is 14.5 Å². The molecule has 0 aliphatic rings. The van der Waals surface area contributed by atoms with Gasteiger partial charge in [-0.2, -0.15) is 0 Å². The summed E-state index contributed by atoms with van der Waals surface area (Å²) in [5.41, 5.74) is 3.01. The van der Waals surface area contributed by atoms with Crippen molar-refractivity contribution in [2.24, 2.45) is 0 Å². The molecule has 4 aromatic rings. The van der Waals surface area contributed by atoms with Gasteiger partial charge in [0.1, 0.15) is 5.82 Å². The van der Waals surface area contributed by atoms with Crippen LogP contribution in [0.3, 0.4) is 0 Å². The Hall–Kier alpha value is -3.44. The topological polar surface area (TPSA) is 55.2 Å². The quantitative estimate of drug-likeness (QED) is 0.186. The molecule has 0 N–H and O–H groups in total. The molecule has 6 heteroatoms. The molecule has 1 unspecified atom stereocenters. The maximum Gasteiger partial charge on any atom is 0.266 e. The molecular formula is C32H36ClN3O2. The first-order valence-corrected chi connectivity index (χ1v) is 14.0. The Bertz CT molecular complexity index is 1430. The number of carbonyl (C=O) groups is 1. The van der Waals surface area contributed by atoms with Crippen LogP contribution in [0, 0.1) is 0 Å². The van der Waals surface area contributed by atoms with Gasteiger partial charge in [0.15, 0.2) is 0 Å². The summed E-state index contributed by atoms with van der Waals surface area (Å²) in [7, 11) is 0. The molecule has 0 saturated carbocycles. The van der Waals surface area contributed by atoms with Crippen LogP contribution in [0.15, 0.2) is 77.6 Å². The van der Waals surface area contributed by atoms with Crippen molar-refractivity contribution < 1.29 is 4.79 Å². The summed E-state index contributed by atoms with van der Waals surface area (Å²) >= 11 is 6.14. The van der Waals surface area contributed by atoms with Gasteiger partial charge in [0.05, 0.1) is 22.6 Å². The number of aromatic nitrogens is 2. The van der Waals surface area contributed by atoms with Gasteiger partial charge < -0.3 is 4.90 Å². The largest absolute Gasteiger partial charge is 0.329 e. The number of carbonyl (C=O) groups excluding carboxylic acids is 1. The molecule has 1 amide bonds. The highest BCUT2D eigenvalue weighted by molar-refractivity contribution is 6.30. The number of halogens is 1. The summed E-state index contributed by atoms with van der Waals surface area (Å²) in [5, 5.41) is 1.12. The minimum Gasteiger partial charge on any atom is -0.329 e. The van der Waals surface area contributed by atoms with Gasteiger partial charge in [-0.1, -0.05) is 69.0 Å². The Balaban J connectivity index is 1.76. The van der Waals surface area contributed by atoms with E-state index in [1.54, 1.807) is 22.8 Å². The van der Waals surface area contributed by atoms with Crippen LogP contribution in [0.2, 0.25) is 5.02 Å². The molecule has 1 heterocycles. The molecule has 0 aliphatic carbocycles. The predicted octanol–water partition coefficient (Wildman–Crippen LogP) is 7.78. The van der Waals surface area contributed by atoms with Gasteiger partial charge in [-0.25, -0.2) is 4.98 Å². The van der Waals surface area contributed by atoms with E-state index in [4.69, 9.17) is 16.6 Å². The molecule has 4 rings (SSSR count). The highest BCUT2D eigenvalue weighted by Gasteiger charge is 2.27. The molecule has 3 aromatic carbocycles. The summed E-state index contributed by atoms with van der Waals surface area (Å²) in [4.78, 5) is 34.4. The molecule has 0 saturated heterocycles. The Morgan fingerprint density at radius 1 is 0.921 bits per heavy atom. The fourth-order valence-corrected chi connectivity index (χ4v) is 4.89. The van der Waals surface area contributed by atoms with Gasteiger partial charge in [-0.15, -0.1) is 0 Å². The van der Waals surface area contributed by atoms with Crippen LogP contribution in [-0.4, -0.2) is 26.9 Å². The lowest BCUT2D eigenvalue weighted by molar-refractivity contribution is 0.0678. The van der Waals surface area contributed by atoms with Crippen LogP contribution in [-0.2, 0) is 6.42 Å². The molecular weight excluding hydrogens is 494 g/mol. The molecule has 0 bridgehead atoms. The van der Waals surface area contributed by atoms with E-state index in [1.807, 2.05) is 54.3 Å². The third kappa shape index (κ3) is 6.16. The first-order valence-electron chi connectivity index (χ1n) is 13.6. The standard InChI is InChI=1S/C32H36ClN3O2/c1-4-6-8-11-24-14-16-25(17-15-24)31(37)35(22-7-5-2)23(3)30-34-29-13-10-9-12-28(29)32(38)36(30)27-20-18-26(33)19-21-27/h9-10,12-21,23H,4-8,11,22H2,1-3H3. The summed E-state index contributed by atoms with van der Waals surface area (Å²) in [5.74, 6) is 0.466. The predicted molar refractivity (Wildman–Crippen MR) is 156 cm³/mol. The number of hydrogen-bond acceptors (Lipinski definition) is 3. The lowest BCUT2D eigenvalue weighted by Gasteiger charge is -2.31. The lowest BCUT2D eigenvalue weighted by Crippen LogP contribution is -2.38. The van der Waals surface area contributed by atoms with E-state index < -0.39 is 6.04 Å². The first kappa shape index (κ1) is 27.6. The number of aryl methyl sites for hydroxylation is 1. The highest BCUT2D eigenvalue weighted by Crippen LogP contribution is 2.26. The average molecular weight is 530 g/mol. The van der Waals surface area contributed by atoms with E-state index in [0.29, 0.717) is 39.5 Å². The molecule has 0 spiro atoms. The van der Waals surface area contributed by atoms with Crippen molar-refractivity contribution in [2.45, 2.75) is 65.3 Å². The van der Waals surface area contributed by atoms with Crippen molar-refractivity contribution in [3.05, 3.63) is 105 Å². The summed E-state index contributed by atoms with van der Waals surface area (Å²) < 4.78 is 1.62. The third-order valence-corrected chi connectivity index (χ3v) is 7.26. The number of unbranched alkanes of at least 4 members (excludes halogenated alkanes) is 3. The van der Waals surface area contributed by atoms with Gasteiger partial charge >= 0.3 is 0 Å². The van der Waals surface area contributed by atoms with E-state index in [0.717, 1.165) is 25.7 Å². The van der Waals surface area contributed by atoms with Crippen molar-refractivity contribution in [1.29, 1.82) is 0 Å². The number of benzene rings is 3. The Labute approximate surface area is 230 Å². The minimum atomic E-state index is -0.439.